The zero-order valence-electron chi connectivity index (χ0n) is 9.23. The Morgan fingerprint density at radius 3 is 2.65 bits per heavy atom. The van der Waals surface area contributed by atoms with E-state index in [0.29, 0.717) is 0 Å². The third-order valence-corrected chi connectivity index (χ3v) is 2.22. The number of carboxylic acid groups (broad SMARTS) is 1. The van der Waals surface area contributed by atoms with Gasteiger partial charge < -0.3 is 10.4 Å². The lowest BCUT2D eigenvalue weighted by molar-refractivity contribution is -0.385. The maximum atomic E-state index is 13.5. The number of anilines is 1. The summed E-state index contributed by atoms with van der Waals surface area (Å²) in [5.41, 5.74) is -0.143. The Morgan fingerprint density at radius 1 is 1.59 bits per heavy atom. The SMILES string of the molecule is Cc1cc(N[C@@H](C)C(=O)O)c(F)cc1[N+](=O)[O-]. The number of carbonyl (C=O) groups is 1. The Balaban J connectivity index is 3.08. The van der Waals surface area contributed by atoms with E-state index in [1.807, 2.05) is 0 Å². The normalized spacial score (nSPS) is 11.9. The summed E-state index contributed by atoms with van der Waals surface area (Å²) in [5.74, 6) is -1.99. The molecule has 92 valence electrons. The molecule has 0 fully saturated rings. The first-order valence-corrected chi connectivity index (χ1v) is 4.76. The first kappa shape index (κ1) is 12.9. The third kappa shape index (κ3) is 2.90. The Kier molecular flexibility index (Phi) is 3.62. The predicted molar refractivity (Wildman–Crippen MR) is 58.5 cm³/mol. The summed E-state index contributed by atoms with van der Waals surface area (Å²) in [7, 11) is 0. The lowest BCUT2D eigenvalue weighted by Crippen LogP contribution is -2.25. The molecule has 1 aromatic carbocycles. The van der Waals surface area contributed by atoms with Crippen molar-refractivity contribution >= 4 is 17.3 Å². The summed E-state index contributed by atoms with van der Waals surface area (Å²) >= 11 is 0. The highest BCUT2D eigenvalue weighted by Crippen LogP contribution is 2.25. The second-order valence-corrected chi connectivity index (χ2v) is 3.58. The predicted octanol–water partition coefficient (Wildman–Crippen LogP) is 1.93. The van der Waals surface area contributed by atoms with Crippen molar-refractivity contribution in [3.8, 4) is 0 Å². The molecule has 17 heavy (non-hydrogen) atoms. The molecule has 0 unspecified atom stereocenters. The number of aliphatic carboxylic acids is 1. The lowest BCUT2D eigenvalue weighted by atomic mass is 10.1. The van der Waals surface area contributed by atoms with Gasteiger partial charge in [0.05, 0.1) is 16.7 Å². The number of nitrogens with zero attached hydrogens (tertiary/aromatic N) is 1. The highest BCUT2D eigenvalue weighted by atomic mass is 19.1. The second kappa shape index (κ2) is 4.77. The van der Waals surface area contributed by atoms with E-state index in [0.717, 1.165) is 6.07 Å². The minimum Gasteiger partial charge on any atom is -0.480 e. The summed E-state index contributed by atoms with van der Waals surface area (Å²) in [6.45, 7) is 2.80. The molecule has 0 spiro atoms. The molecule has 0 aliphatic carbocycles. The number of nitro benzene ring substituents is 1. The van der Waals surface area contributed by atoms with Crippen LogP contribution in [0.1, 0.15) is 12.5 Å². The van der Waals surface area contributed by atoms with Gasteiger partial charge in [0, 0.05) is 5.56 Å². The highest BCUT2D eigenvalue weighted by molar-refractivity contribution is 5.77. The molecule has 0 radical (unpaired) electrons. The summed E-state index contributed by atoms with van der Waals surface area (Å²) in [6, 6.07) is 1.00. The summed E-state index contributed by atoms with van der Waals surface area (Å²) in [4.78, 5) is 20.4. The van der Waals surface area contributed by atoms with E-state index >= 15 is 0 Å². The van der Waals surface area contributed by atoms with Crippen LogP contribution in [0.5, 0.6) is 0 Å². The van der Waals surface area contributed by atoms with Crippen LogP contribution in [-0.4, -0.2) is 22.0 Å². The van der Waals surface area contributed by atoms with Gasteiger partial charge in [-0.05, 0) is 19.9 Å². The van der Waals surface area contributed by atoms with Crippen molar-refractivity contribution in [1.82, 2.24) is 0 Å². The van der Waals surface area contributed by atoms with Crippen molar-refractivity contribution in [3.05, 3.63) is 33.6 Å². The van der Waals surface area contributed by atoms with Crippen molar-refractivity contribution in [2.24, 2.45) is 0 Å². The average molecular weight is 242 g/mol. The molecule has 0 saturated heterocycles. The van der Waals surface area contributed by atoms with E-state index in [1.165, 1.54) is 19.9 Å². The van der Waals surface area contributed by atoms with Crippen LogP contribution in [0.2, 0.25) is 0 Å². The summed E-state index contributed by atoms with van der Waals surface area (Å²) in [6.07, 6.45) is 0. The first-order chi connectivity index (χ1) is 7.82. The molecule has 7 heteroatoms. The highest BCUT2D eigenvalue weighted by Gasteiger charge is 2.18. The Hall–Kier alpha value is -2.18. The van der Waals surface area contributed by atoms with Gasteiger partial charge in [0.15, 0.2) is 5.82 Å². The van der Waals surface area contributed by atoms with E-state index in [2.05, 4.69) is 5.32 Å². The minimum absolute atomic E-state index is 0.0667. The number of aryl methyl sites for hydroxylation is 1. The molecule has 1 rings (SSSR count). The van der Waals surface area contributed by atoms with E-state index in [4.69, 9.17) is 5.11 Å². The molecule has 0 bridgehead atoms. The molecule has 0 aliphatic heterocycles. The molecular weight excluding hydrogens is 231 g/mol. The smallest absolute Gasteiger partial charge is 0.325 e. The Bertz CT molecular complexity index is 476. The zero-order valence-corrected chi connectivity index (χ0v) is 9.23. The summed E-state index contributed by atoms with van der Waals surface area (Å²) in [5, 5.41) is 21.6. The number of hydrogen-bond acceptors (Lipinski definition) is 4. The van der Waals surface area contributed by atoms with Crippen molar-refractivity contribution in [1.29, 1.82) is 0 Å². The number of rotatable bonds is 4. The van der Waals surface area contributed by atoms with Crippen LogP contribution in [0.25, 0.3) is 0 Å². The molecule has 0 heterocycles. The van der Waals surface area contributed by atoms with Crippen LogP contribution in [0.3, 0.4) is 0 Å². The van der Waals surface area contributed by atoms with Crippen LogP contribution in [0.15, 0.2) is 12.1 Å². The van der Waals surface area contributed by atoms with E-state index in [-0.39, 0.29) is 16.9 Å². The number of hydrogen-bond donors (Lipinski definition) is 2. The third-order valence-electron chi connectivity index (χ3n) is 2.22. The van der Waals surface area contributed by atoms with E-state index in [1.54, 1.807) is 0 Å². The fourth-order valence-corrected chi connectivity index (χ4v) is 1.27. The largest absolute Gasteiger partial charge is 0.480 e. The van der Waals surface area contributed by atoms with Crippen molar-refractivity contribution < 1.29 is 19.2 Å². The fraction of sp³-hybridized carbons (Fsp3) is 0.300. The van der Waals surface area contributed by atoms with Gasteiger partial charge in [-0.25, -0.2) is 4.39 Å². The minimum atomic E-state index is -1.14. The molecular formula is C10H11FN2O4. The number of halogens is 1. The van der Waals surface area contributed by atoms with Gasteiger partial charge in [-0.2, -0.15) is 0 Å². The monoisotopic (exact) mass is 242 g/mol. The zero-order chi connectivity index (χ0) is 13.2. The number of nitrogens with one attached hydrogen (secondary N) is 1. The standard InChI is InChI=1S/C10H11FN2O4/c1-5-3-8(12-6(2)10(14)15)7(11)4-9(5)13(16)17/h3-4,6,12H,1-2H3,(H,14,15)/t6-/m0/s1. The number of carboxylic acids is 1. The van der Waals surface area contributed by atoms with Gasteiger partial charge in [0.25, 0.3) is 5.69 Å². The van der Waals surface area contributed by atoms with Crippen molar-refractivity contribution in [2.45, 2.75) is 19.9 Å². The Morgan fingerprint density at radius 2 is 2.18 bits per heavy atom. The average Bonchev–Trinajstić information content (AvgIpc) is 2.22. The van der Waals surface area contributed by atoms with Crippen LogP contribution in [0.4, 0.5) is 15.8 Å². The lowest BCUT2D eigenvalue weighted by Gasteiger charge is -2.12. The summed E-state index contributed by atoms with van der Waals surface area (Å²) < 4.78 is 13.5. The second-order valence-electron chi connectivity index (χ2n) is 3.58. The quantitative estimate of drug-likeness (QED) is 0.621. The van der Waals surface area contributed by atoms with Crippen LogP contribution in [-0.2, 0) is 4.79 Å². The first-order valence-electron chi connectivity index (χ1n) is 4.76. The number of benzene rings is 1. The topological polar surface area (TPSA) is 92.5 Å². The van der Waals surface area contributed by atoms with Crippen molar-refractivity contribution in [2.75, 3.05) is 5.32 Å². The molecule has 0 amide bonds. The van der Waals surface area contributed by atoms with Crippen LogP contribution < -0.4 is 5.32 Å². The number of nitro groups is 1. The molecule has 0 saturated carbocycles. The van der Waals surface area contributed by atoms with Gasteiger partial charge in [-0.3, -0.25) is 14.9 Å². The van der Waals surface area contributed by atoms with E-state index in [9.17, 15) is 19.3 Å². The van der Waals surface area contributed by atoms with Crippen LogP contribution >= 0.6 is 0 Å². The van der Waals surface area contributed by atoms with E-state index < -0.39 is 22.8 Å². The molecule has 6 nitrogen and oxygen atoms in total. The van der Waals surface area contributed by atoms with Crippen molar-refractivity contribution in [3.63, 3.8) is 0 Å². The molecule has 1 aromatic rings. The van der Waals surface area contributed by atoms with Gasteiger partial charge >= 0.3 is 5.97 Å². The molecule has 0 aliphatic rings. The maximum Gasteiger partial charge on any atom is 0.325 e. The maximum absolute atomic E-state index is 13.5. The van der Waals surface area contributed by atoms with Gasteiger partial charge in [0.1, 0.15) is 6.04 Å². The molecule has 0 aromatic heterocycles. The van der Waals surface area contributed by atoms with Gasteiger partial charge in [-0.15, -0.1) is 0 Å². The Labute approximate surface area is 96.2 Å². The van der Waals surface area contributed by atoms with Gasteiger partial charge in [0.2, 0.25) is 0 Å². The van der Waals surface area contributed by atoms with Crippen LogP contribution in [0, 0.1) is 22.9 Å². The van der Waals surface area contributed by atoms with Gasteiger partial charge in [-0.1, -0.05) is 0 Å². The fourth-order valence-electron chi connectivity index (χ4n) is 1.27. The molecule has 1 atom stereocenters. The molecule has 2 N–H and O–H groups in total.